The molecule has 0 radical (unpaired) electrons. The number of fused-ring (bicyclic) bond motifs is 3. The van der Waals surface area contributed by atoms with E-state index in [0.29, 0.717) is 32.0 Å². The lowest BCUT2D eigenvalue weighted by atomic mass is 9.82. The molecule has 7 aromatic carbocycles. The van der Waals surface area contributed by atoms with Crippen LogP contribution in [0, 0.1) is 0 Å². The molecular weight excluding hydrogens is 953 g/mol. The van der Waals surface area contributed by atoms with Gasteiger partial charge in [-0.15, -0.1) is 0 Å². The Bertz CT molecular complexity index is 3040. The zero-order valence-electron chi connectivity index (χ0n) is 51.3. The lowest BCUT2D eigenvalue weighted by Gasteiger charge is -2.24. The lowest BCUT2D eigenvalue weighted by Crippen LogP contribution is -2.11. The first-order valence-corrected chi connectivity index (χ1v) is 29.4. The Morgan fingerprint density at radius 2 is 1.24 bits per heavy atom. The number of hydrogen-bond acceptors (Lipinski definition) is 4. The molecule has 2 N–H and O–H groups in total. The van der Waals surface area contributed by atoms with Crippen LogP contribution in [0.5, 0.6) is 17.2 Å². The minimum atomic E-state index is -0.193. The van der Waals surface area contributed by atoms with Crippen molar-refractivity contribution in [1.82, 2.24) is 0 Å². The van der Waals surface area contributed by atoms with Crippen LogP contribution in [0.1, 0.15) is 177 Å². The third kappa shape index (κ3) is 17.3. The Balaban J connectivity index is 0.00000162. The Hall–Kier alpha value is -6.88. The van der Waals surface area contributed by atoms with Gasteiger partial charge in [-0.05, 0) is 134 Å². The fraction of sp³-hybridized carbons (Fsp3) is 0.351. The highest BCUT2D eigenvalue weighted by Crippen LogP contribution is 2.48. The normalized spacial score (nSPS) is 11.6. The molecule has 7 aromatic rings. The number of phenols is 2. The second-order valence-electron chi connectivity index (χ2n) is 18.6. The van der Waals surface area contributed by atoms with Crippen LogP contribution in [-0.2, 0) is 16.6 Å². The van der Waals surface area contributed by atoms with E-state index in [1.807, 2.05) is 151 Å². The van der Waals surface area contributed by atoms with E-state index in [2.05, 4.69) is 138 Å². The largest absolute Gasteiger partial charge is 0.507 e. The van der Waals surface area contributed by atoms with Crippen LogP contribution in [0.4, 0.5) is 0 Å². The Kier molecular flexibility index (Phi) is 30.6. The molecule has 0 unspecified atom stereocenters. The minimum absolute atomic E-state index is 0.193. The van der Waals surface area contributed by atoms with Gasteiger partial charge in [-0.25, -0.2) is 0 Å². The van der Waals surface area contributed by atoms with Crippen molar-refractivity contribution in [2.24, 2.45) is 0 Å². The number of rotatable bonds is 15. The number of phenolic OH excluding ortho intramolecular Hbond substituents is 2. The number of hydrogen-bond donors (Lipinski definition) is 2. The fourth-order valence-corrected chi connectivity index (χ4v) is 9.05. The Morgan fingerprint density at radius 3 is 1.87 bits per heavy atom. The van der Waals surface area contributed by atoms with Crippen molar-refractivity contribution in [3.63, 3.8) is 0 Å². The summed E-state index contributed by atoms with van der Waals surface area (Å²) in [6.07, 6.45) is 18.9. The number of aromatic hydroxyl groups is 2. The topological polar surface area (TPSA) is 58.9 Å². The summed E-state index contributed by atoms with van der Waals surface area (Å²) in [6, 6.07) is 40.0. The summed E-state index contributed by atoms with van der Waals surface area (Å²) in [4.78, 5) is 0. The van der Waals surface area contributed by atoms with E-state index in [1.54, 1.807) is 6.08 Å². The van der Waals surface area contributed by atoms with Gasteiger partial charge in [0.2, 0.25) is 0 Å². The van der Waals surface area contributed by atoms with Gasteiger partial charge < -0.3 is 19.7 Å². The van der Waals surface area contributed by atoms with Crippen molar-refractivity contribution in [3.8, 4) is 50.6 Å². The molecule has 4 heteroatoms. The number of benzene rings is 7. The molecule has 1 aliphatic carbocycles. The highest BCUT2D eigenvalue weighted by atomic mass is 16.5. The fourth-order valence-electron chi connectivity index (χ4n) is 9.05. The first kappa shape index (κ1) is 67.2. The van der Waals surface area contributed by atoms with Crippen LogP contribution >= 0.6 is 0 Å². The van der Waals surface area contributed by atoms with Gasteiger partial charge >= 0.3 is 0 Å². The number of para-hydroxylation sites is 1. The van der Waals surface area contributed by atoms with E-state index in [9.17, 15) is 10.2 Å². The molecule has 0 fully saturated rings. The number of ether oxygens (including phenoxy) is 2. The highest BCUT2D eigenvalue weighted by Gasteiger charge is 2.25. The van der Waals surface area contributed by atoms with Crippen LogP contribution in [0.2, 0.25) is 0 Å². The van der Waals surface area contributed by atoms with Crippen molar-refractivity contribution in [3.05, 3.63) is 192 Å². The molecule has 0 heterocycles. The van der Waals surface area contributed by atoms with Gasteiger partial charge in [-0.2, -0.15) is 0 Å². The predicted molar refractivity (Wildman–Crippen MR) is 349 cm³/mol. The molecule has 78 heavy (non-hydrogen) atoms. The van der Waals surface area contributed by atoms with E-state index < -0.39 is 0 Å². The molecule has 418 valence electrons. The molecule has 0 aromatic heterocycles. The van der Waals surface area contributed by atoms with Gasteiger partial charge in [0, 0.05) is 39.8 Å². The summed E-state index contributed by atoms with van der Waals surface area (Å²) in [5, 5.41) is 29.1. The van der Waals surface area contributed by atoms with Crippen molar-refractivity contribution >= 4 is 39.3 Å². The molecule has 8 rings (SSSR count). The smallest absolute Gasteiger partial charge is 0.131 e. The van der Waals surface area contributed by atoms with Gasteiger partial charge in [0.1, 0.15) is 17.2 Å². The maximum absolute atomic E-state index is 12.3. The van der Waals surface area contributed by atoms with Gasteiger partial charge in [-0.1, -0.05) is 246 Å². The number of aryl methyl sites for hydroxylation is 1. The Labute approximate surface area is 474 Å². The van der Waals surface area contributed by atoms with E-state index in [0.717, 1.165) is 90.2 Å². The van der Waals surface area contributed by atoms with Crippen LogP contribution < -0.4 is 4.74 Å². The summed E-state index contributed by atoms with van der Waals surface area (Å²) in [6.45, 7) is 42.1. The van der Waals surface area contributed by atoms with E-state index in [4.69, 9.17) is 9.47 Å². The van der Waals surface area contributed by atoms with E-state index >= 15 is 0 Å². The number of allylic oxidation sites excluding steroid dienone is 6. The van der Waals surface area contributed by atoms with Crippen LogP contribution in [0.25, 0.3) is 72.7 Å². The summed E-state index contributed by atoms with van der Waals surface area (Å²) in [5.74, 6) is 1.42. The van der Waals surface area contributed by atoms with Crippen LogP contribution in [0.15, 0.2) is 158 Å². The maximum atomic E-state index is 12.3. The minimum Gasteiger partial charge on any atom is -0.507 e. The molecule has 0 aliphatic heterocycles. The third-order valence-corrected chi connectivity index (χ3v) is 12.6. The van der Waals surface area contributed by atoms with Crippen LogP contribution in [0.3, 0.4) is 0 Å². The SMILES string of the molecule is C=C/C=C\c1cc(-c2cc(C(C)(C)C)cc(-c3ccccc3OCCCOC/C(=C\C=C/C)c3cc(C(C)C)cc(-c4c5c(cc6ccccc46)CCC=C5)c3O)c2O)c2ccccc2c1.CC.CC.CC.CC.CC.CC. The highest BCUT2D eigenvalue weighted by molar-refractivity contribution is 6.04. The second kappa shape index (κ2) is 35.5. The van der Waals surface area contributed by atoms with Crippen molar-refractivity contribution in [1.29, 1.82) is 0 Å². The summed E-state index contributed by atoms with van der Waals surface area (Å²) < 4.78 is 12.9. The van der Waals surface area contributed by atoms with Gasteiger partial charge in [0.25, 0.3) is 0 Å². The molecule has 0 atom stereocenters. The molecule has 0 spiro atoms. The third-order valence-electron chi connectivity index (χ3n) is 12.6. The quantitative estimate of drug-likeness (QED) is 0.0794. The molecular formula is C74H98O4. The predicted octanol–water partition coefficient (Wildman–Crippen LogP) is 22.6. The van der Waals surface area contributed by atoms with Gasteiger partial charge in [0.05, 0.1) is 19.8 Å². The molecule has 0 saturated carbocycles. The maximum Gasteiger partial charge on any atom is 0.131 e. The second-order valence-corrected chi connectivity index (χ2v) is 18.6. The summed E-state index contributed by atoms with van der Waals surface area (Å²) >= 11 is 0. The zero-order chi connectivity index (χ0) is 58.4. The monoisotopic (exact) mass is 1050 g/mol. The first-order valence-electron chi connectivity index (χ1n) is 29.4. The average Bonchev–Trinajstić information content (AvgIpc) is 3.56. The Morgan fingerprint density at radius 1 is 0.641 bits per heavy atom. The molecule has 4 nitrogen and oxygen atoms in total. The van der Waals surface area contributed by atoms with Crippen molar-refractivity contribution < 1.29 is 19.7 Å². The lowest BCUT2D eigenvalue weighted by molar-refractivity contribution is 0.147. The van der Waals surface area contributed by atoms with Gasteiger partial charge in [0.15, 0.2) is 0 Å². The molecule has 0 bridgehead atoms. The molecule has 0 amide bonds. The van der Waals surface area contributed by atoms with Crippen molar-refractivity contribution in [2.75, 3.05) is 19.8 Å². The van der Waals surface area contributed by atoms with E-state index in [1.165, 1.54) is 16.5 Å². The first-order chi connectivity index (χ1) is 38.0. The molecule has 1 aliphatic rings. The standard InChI is InChI=1S/C62H62O4.6C2H6/c1-8-10-21-42-33-43-23-12-15-26-49(43)54(34-42)56-39-48(62(5,6)7)38-55(61(56)64)52-29-18-19-30-58(52)66-32-20-31-65-40-46(22-11-9-2)53-36-47(41(3)4)37-57(60(53)63)59-50-27-16-13-24-44(50)35-45-25-14-17-28-51(45)59;6*1-2/h8-13,15-19,21-24,26-30,33-39,41,63-64H,1,14,20,25,31-32,40H2,2-7H3;6*1-2H3/b11-9-,21-10-,46-22+;;;;;;. The van der Waals surface area contributed by atoms with Crippen LogP contribution in [-0.4, -0.2) is 30.0 Å². The van der Waals surface area contributed by atoms with Crippen molar-refractivity contribution in [2.45, 2.75) is 155 Å². The summed E-state index contributed by atoms with van der Waals surface area (Å²) in [7, 11) is 0. The zero-order valence-corrected chi connectivity index (χ0v) is 51.3. The molecule has 0 saturated heterocycles. The van der Waals surface area contributed by atoms with Gasteiger partial charge in [-0.3, -0.25) is 0 Å². The average molecular weight is 1050 g/mol. The van der Waals surface area contributed by atoms with E-state index in [-0.39, 0.29) is 22.8 Å². The summed E-state index contributed by atoms with van der Waals surface area (Å²) in [5.41, 5.74) is 12.5.